The molecule has 4 rings (SSSR count). The number of nitrogens with two attached hydrogens (primary N) is 1. The molecule has 0 aliphatic carbocycles. The minimum atomic E-state index is -3.88. The molecule has 1 atom stereocenters. The zero-order valence-electron chi connectivity index (χ0n) is 21.5. The van der Waals surface area contributed by atoms with Gasteiger partial charge in [-0.25, -0.2) is 0 Å². The number of hydrogen-bond donors (Lipinski definition) is 3. The maximum atomic E-state index is 12.4. The van der Waals surface area contributed by atoms with Crippen LogP contribution in [-0.2, 0) is 21.4 Å². The van der Waals surface area contributed by atoms with Crippen molar-refractivity contribution in [2.45, 2.75) is 19.4 Å². The number of carbonyl (C=O) groups is 2. The average molecular weight is 547 g/mol. The number of carboxylic acid groups (broad SMARTS) is 1. The van der Waals surface area contributed by atoms with Crippen LogP contribution in [-0.4, -0.2) is 61.9 Å². The van der Waals surface area contributed by atoms with Crippen molar-refractivity contribution in [1.82, 2.24) is 9.03 Å². The van der Waals surface area contributed by atoms with Gasteiger partial charge < -0.3 is 15.7 Å². The fraction of sp³-hybridized carbons (Fsp3) is 0.241. The van der Waals surface area contributed by atoms with Gasteiger partial charge in [0.1, 0.15) is 6.04 Å². The molecule has 1 aliphatic rings. The summed E-state index contributed by atoms with van der Waals surface area (Å²) < 4.78 is 28.3. The van der Waals surface area contributed by atoms with Crippen molar-refractivity contribution in [2.75, 3.05) is 31.1 Å². The maximum absolute atomic E-state index is 12.4. The highest BCUT2D eigenvalue weighted by Crippen LogP contribution is 2.20. The van der Waals surface area contributed by atoms with Gasteiger partial charge in [0.2, 0.25) is 5.91 Å². The minimum absolute atomic E-state index is 0.235. The zero-order valence-corrected chi connectivity index (χ0v) is 22.3. The summed E-state index contributed by atoms with van der Waals surface area (Å²) in [4.78, 5) is 25.4. The Hall–Kier alpha value is -4.17. The average Bonchev–Trinajstić information content (AvgIpc) is 2.92. The van der Waals surface area contributed by atoms with E-state index in [1.54, 1.807) is 6.07 Å². The van der Waals surface area contributed by atoms with E-state index in [-0.39, 0.29) is 13.1 Å². The summed E-state index contributed by atoms with van der Waals surface area (Å²) in [5.74, 6) is 4.46. The minimum Gasteiger partial charge on any atom is -0.480 e. The Morgan fingerprint density at radius 3 is 2.23 bits per heavy atom. The molecule has 1 aliphatic heterocycles. The van der Waals surface area contributed by atoms with Crippen molar-refractivity contribution in [1.29, 1.82) is 0 Å². The molecule has 0 radical (unpaired) electrons. The van der Waals surface area contributed by atoms with Crippen LogP contribution >= 0.6 is 0 Å². The molecule has 4 N–H and O–H groups in total. The Balaban J connectivity index is 1.43. The van der Waals surface area contributed by atoms with Gasteiger partial charge in [0.25, 0.3) is 10.2 Å². The van der Waals surface area contributed by atoms with Gasteiger partial charge in [0.15, 0.2) is 0 Å². The number of amides is 1. The second-order valence-corrected chi connectivity index (χ2v) is 10.9. The van der Waals surface area contributed by atoms with Crippen LogP contribution in [0, 0.1) is 11.8 Å². The van der Waals surface area contributed by atoms with E-state index in [4.69, 9.17) is 10.8 Å². The molecule has 0 spiro atoms. The Morgan fingerprint density at radius 1 is 0.949 bits per heavy atom. The van der Waals surface area contributed by atoms with Gasteiger partial charge >= 0.3 is 5.97 Å². The summed E-state index contributed by atoms with van der Waals surface area (Å²) in [6, 6.07) is 21.8. The fourth-order valence-corrected chi connectivity index (χ4v) is 5.73. The highest BCUT2D eigenvalue weighted by atomic mass is 32.2. The van der Waals surface area contributed by atoms with Crippen molar-refractivity contribution in [3.8, 4) is 11.8 Å². The van der Waals surface area contributed by atoms with Crippen LogP contribution in [0.15, 0.2) is 72.8 Å². The first-order valence-corrected chi connectivity index (χ1v) is 13.9. The lowest BCUT2D eigenvalue weighted by atomic mass is 9.95. The molecule has 1 fully saturated rings. The van der Waals surface area contributed by atoms with E-state index in [1.165, 1.54) is 11.2 Å². The monoisotopic (exact) mass is 546 g/mol. The third-order valence-electron chi connectivity index (χ3n) is 6.48. The number of nitrogens with zero attached hydrogens (tertiary/aromatic N) is 2. The molecule has 0 bridgehead atoms. The number of nitrogens with one attached hydrogen (secondary N) is 1. The lowest BCUT2D eigenvalue weighted by Crippen LogP contribution is -2.54. The van der Waals surface area contributed by atoms with Crippen molar-refractivity contribution in [3.63, 3.8) is 0 Å². The van der Waals surface area contributed by atoms with E-state index < -0.39 is 28.1 Å². The second-order valence-electron chi connectivity index (χ2n) is 9.23. The number of rotatable bonds is 8. The number of piperazine rings is 1. The van der Waals surface area contributed by atoms with Gasteiger partial charge in [-0.2, -0.15) is 17.4 Å². The molecule has 3 aromatic rings. The first kappa shape index (κ1) is 27.9. The number of primary amides is 1. The number of anilines is 1. The highest BCUT2D eigenvalue weighted by molar-refractivity contribution is 7.87. The van der Waals surface area contributed by atoms with E-state index in [1.807, 2.05) is 66.7 Å². The predicted molar refractivity (Wildman–Crippen MR) is 150 cm³/mol. The molecule has 1 heterocycles. The highest BCUT2D eigenvalue weighted by Gasteiger charge is 2.29. The smallest absolute Gasteiger partial charge is 0.321 e. The van der Waals surface area contributed by atoms with E-state index in [9.17, 15) is 18.0 Å². The van der Waals surface area contributed by atoms with Crippen LogP contribution in [0.4, 0.5) is 5.69 Å². The quantitative estimate of drug-likeness (QED) is 0.371. The van der Waals surface area contributed by atoms with Crippen molar-refractivity contribution in [3.05, 3.63) is 101 Å². The van der Waals surface area contributed by atoms with E-state index >= 15 is 0 Å². The summed E-state index contributed by atoms with van der Waals surface area (Å²) in [5, 5.41) is 8.98. The normalized spacial score (nSPS) is 14.7. The molecule has 0 aromatic heterocycles. The summed E-state index contributed by atoms with van der Waals surface area (Å²) in [5.41, 5.74) is 10.3. The molecule has 3 aromatic carbocycles. The third kappa shape index (κ3) is 7.03. The molecular weight excluding hydrogens is 516 g/mol. The van der Waals surface area contributed by atoms with Crippen molar-refractivity contribution in [2.24, 2.45) is 5.73 Å². The SMILES string of the molecule is C[C@@H](NS(=O)(=O)N1CCN(c2ccc(C#Cc3cccc(Cc4ccccc4)c3C(N)=O)cc2)CC1)C(=O)O. The number of aliphatic carboxylic acids is 1. The van der Waals surface area contributed by atoms with E-state index in [0.717, 1.165) is 22.4 Å². The van der Waals surface area contributed by atoms with Crippen LogP contribution in [0.2, 0.25) is 0 Å². The Bertz CT molecular complexity index is 1500. The molecule has 1 saturated heterocycles. The fourth-order valence-electron chi connectivity index (χ4n) is 4.39. The number of hydrogen-bond acceptors (Lipinski definition) is 5. The zero-order chi connectivity index (χ0) is 28.0. The summed E-state index contributed by atoms with van der Waals surface area (Å²) >= 11 is 0. The van der Waals surface area contributed by atoms with Crippen LogP contribution in [0.3, 0.4) is 0 Å². The molecule has 0 unspecified atom stereocenters. The molecule has 10 heteroatoms. The van der Waals surface area contributed by atoms with Crippen LogP contribution in [0.1, 0.15) is 39.5 Å². The Kier molecular flexibility index (Phi) is 8.66. The molecule has 0 saturated carbocycles. The summed E-state index contributed by atoms with van der Waals surface area (Å²) in [7, 11) is -3.88. The Morgan fingerprint density at radius 2 is 1.62 bits per heavy atom. The molecule has 202 valence electrons. The molecule has 1 amide bonds. The second kappa shape index (κ2) is 12.1. The van der Waals surface area contributed by atoms with Gasteiger partial charge in [0, 0.05) is 43.0 Å². The van der Waals surface area contributed by atoms with Gasteiger partial charge in [-0.15, -0.1) is 0 Å². The third-order valence-corrected chi connectivity index (χ3v) is 8.18. The number of carboxylic acids is 1. The van der Waals surface area contributed by atoms with E-state index in [2.05, 4.69) is 21.5 Å². The lowest BCUT2D eigenvalue weighted by molar-refractivity contribution is -0.138. The Labute approximate surface area is 228 Å². The summed E-state index contributed by atoms with van der Waals surface area (Å²) in [6.45, 7) is 2.68. The number of carbonyl (C=O) groups excluding carboxylic acids is 1. The largest absolute Gasteiger partial charge is 0.480 e. The van der Waals surface area contributed by atoms with Crippen molar-refractivity contribution < 1.29 is 23.1 Å². The maximum Gasteiger partial charge on any atom is 0.321 e. The first-order chi connectivity index (χ1) is 18.6. The first-order valence-electron chi connectivity index (χ1n) is 12.5. The predicted octanol–water partition coefficient (Wildman–Crippen LogP) is 2.21. The van der Waals surface area contributed by atoms with Gasteiger partial charge in [-0.1, -0.05) is 54.3 Å². The number of benzene rings is 3. The van der Waals surface area contributed by atoms with Crippen molar-refractivity contribution >= 4 is 27.8 Å². The van der Waals surface area contributed by atoms with Gasteiger partial charge in [0.05, 0.1) is 5.56 Å². The van der Waals surface area contributed by atoms with Crippen LogP contribution in [0.5, 0.6) is 0 Å². The lowest BCUT2D eigenvalue weighted by Gasteiger charge is -2.35. The van der Waals surface area contributed by atoms with Gasteiger partial charge in [-0.3, -0.25) is 9.59 Å². The van der Waals surface area contributed by atoms with E-state index in [0.29, 0.717) is 30.6 Å². The molecule has 9 nitrogen and oxygen atoms in total. The van der Waals surface area contributed by atoms with Crippen LogP contribution in [0.25, 0.3) is 0 Å². The van der Waals surface area contributed by atoms with Gasteiger partial charge in [-0.05, 0) is 54.8 Å². The standard InChI is InChI=1S/C29H30N4O5S/c1-21(29(35)36)31-39(37,38)33-18-16-32(17-19-33)26-14-11-22(12-15-26)10-13-24-8-5-9-25(27(24)28(30)34)20-23-6-3-2-4-7-23/h2-9,11-12,14-15,21,31H,16-20H2,1H3,(H2,30,34)(H,35,36)/t21-/m1/s1. The van der Waals surface area contributed by atoms with Crippen LogP contribution < -0.4 is 15.4 Å². The summed E-state index contributed by atoms with van der Waals surface area (Å²) in [6.07, 6.45) is 0.576. The molecular formula is C29H30N4O5S. The topological polar surface area (TPSA) is 133 Å². The molecule has 39 heavy (non-hydrogen) atoms.